The van der Waals surface area contributed by atoms with Crippen molar-refractivity contribution in [3.05, 3.63) is 70.5 Å². The predicted octanol–water partition coefficient (Wildman–Crippen LogP) is 4.53. The molecule has 0 bridgehead atoms. The summed E-state index contributed by atoms with van der Waals surface area (Å²) in [7, 11) is 0. The van der Waals surface area contributed by atoms with Gasteiger partial charge in [0.15, 0.2) is 0 Å². The van der Waals surface area contributed by atoms with Gasteiger partial charge in [-0.25, -0.2) is 9.38 Å². The number of amidine groups is 1. The van der Waals surface area contributed by atoms with Crippen molar-refractivity contribution in [3.8, 4) is 0 Å². The number of rotatable bonds is 3. The molecule has 0 radical (unpaired) electrons. The van der Waals surface area contributed by atoms with Crippen molar-refractivity contribution in [2.75, 3.05) is 13.1 Å². The van der Waals surface area contributed by atoms with Crippen molar-refractivity contribution in [1.82, 2.24) is 4.90 Å². The van der Waals surface area contributed by atoms with Crippen molar-refractivity contribution in [1.29, 1.82) is 0 Å². The molecule has 6 rings (SSSR count). The number of nitrogens with zero attached hydrogens (tertiary/aromatic N) is 2. The molecule has 5 heteroatoms. The number of nitrogens with two attached hydrogens (primary N) is 1. The van der Waals surface area contributed by atoms with Crippen molar-refractivity contribution in [2.45, 2.75) is 62.6 Å². The van der Waals surface area contributed by atoms with Crippen molar-refractivity contribution in [3.63, 3.8) is 0 Å². The molecule has 4 aliphatic rings. The minimum atomic E-state index is -0.206. The molecule has 2 atom stereocenters. The van der Waals surface area contributed by atoms with Crippen LogP contribution >= 0.6 is 0 Å². The summed E-state index contributed by atoms with van der Waals surface area (Å²) in [4.78, 5) is 7.10. The van der Waals surface area contributed by atoms with Crippen molar-refractivity contribution < 1.29 is 9.13 Å². The van der Waals surface area contributed by atoms with Crippen LogP contribution in [-0.2, 0) is 11.2 Å². The molecule has 0 unspecified atom stereocenters. The molecular formula is C26H30FN3O. The molecule has 0 saturated heterocycles. The average Bonchev–Trinajstić information content (AvgIpc) is 3.19. The Morgan fingerprint density at radius 3 is 2.52 bits per heavy atom. The summed E-state index contributed by atoms with van der Waals surface area (Å²) in [6.45, 7) is 1.58. The van der Waals surface area contributed by atoms with E-state index in [9.17, 15) is 4.39 Å². The first kappa shape index (κ1) is 19.3. The lowest BCUT2D eigenvalue weighted by atomic mass is 9.77. The number of benzene rings is 2. The smallest absolute Gasteiger partial charge is 0.288 e. The van der Waals surface area contributed by atoms with Gasteiger partial charge in [-0.05, 0) is 72.4 Å². The van der Waals surface area contributed by atoms with Gasteiger partial charge in [0.25, 0.3) is 6.02 Å². The van der Waals surface area contributed by atoms with Gasteiger partial charge in [0, 0.05) is 18.5 Å². The third kappa shape index (κ3) is 3.43. The molecule has 2 aliphatic carbocycles. The summed E-state index contributed by atoms with van der Waals surface area (Å²) in [5, 5.41) is 0. The van der Waals surface area contributed by atoms with Crippen LogP contribution in [0.2, 0.25) is 0 Å². The monoisotopic (exact) mass is 419 g/mol. The standard InChI is InChI=1S/C26H30FN3O/c27-21-7-4-17(5-8-21)25-23-9-6-18(16-2-1-3-16)12-19(23)10-11-30(25)26-29-15-24(31-26)20-13-22(28)14-20/h4-9,12,16,20,22,24-25H,1-3,10-11,13-15,28H2/t20?,22?,24-,25-/m0/s1. The van der Waals surface area contributed by atoms with Gasteiger partial charge in [-0.15, -0.1) is 0 Å². The molecule has 2 saturated carbocycles. The topological polar surface area (TPSA) is 50.8 Å². The van der Waals surface area contributed by atoms with Crippen LogP contribution < -0.4 is 5.73 Å². The third-order valence-electron chi connectivity index (χ3n) is 7.80. The van der Waals surface area contributed by atoms with Crippen molar-refractivity contribution in [2.24, 2.45) is 16.6 Å². The highest BCUT2D eigenvalue weighted by Crippen LogP contribution is 2.42. The molecule has 31 heavy (non-hydrogen) atoms. The van der Waals surface area contributed by atoms with E-state index in [0.717, 1.165) is 43.3 Å². The predicted molar refractivity (Wildman–Crippen MR) is 120 cm³/mol. The molecule has 2 fully saturated rings. The summed E-state index contributed by atoms with van der Waals surface area (Å²) in [6, 6.07) is 15.0. The Hall–Kier alpha value is -2.40. The molecule has 2 aliphatic heterocycles. The second kappa shape index (κ2) is 7.63. The average molecular weight is 420 g/mol. The zero-order valence-electron chi connectivity index (χ0n) is 17.8. The zero-order chi connectivity index (χ0) is 20.9. The van der Waals surface area contributed by atoms with E-state index in [-0.39, 0.29) is 18.0 Å². The van der Waals surface area contributed by atoms with E-state index in [1.807, 2.05) is 12.1 Å². The van der Waals surface area contributed by atoms with Crippen LogP contribution in [0.5, 0.6) is 0 Å². The third-order valence-corrected chi connectivity index (χ3v) is 7.80. The lowest BCUT2D eigenvalue weighted by Crippen LogP contribution is -2.45. The van der Waals surface area contributed by atoms with Crippen LogP contribution in [0.1, 0.15) is 66.3 Å². The van der Waals surface area contributed by atoms with Crippen LogP contribution in [0.3, 0.4) is 0 Å². The molecule has 2 aromatic carbocycles. The fourth-order valence-electron chi connectivity index (χ4n) is 5.65. The molecular weight excluding hydrogens is 389 g/mol. The van der Waals surface area contributed by atoms with Crippen LogP contribution in [-0.4, -0.2) is 36.2 Å². The van der Waals surface area contributed by atoms with Gasteiger partial charge in [-0.1, -0.05) is 36.8 Å². The highest BCUT2D eigenvalue weighted by molar-refractivity contribution is 5.77. The number of aliphatic imine (C=N–C) groups is 1. The van der Waals surface area contributed by atoms with Gasteiger partial charge in [-0.2, -0.15) is 0 Å². The highest BCUT2D eigenvalue weighted by atomic mass is 19.1. The van der Waals surface area contributed by atoms with Gasteiger partial charge >= 0.3 is 0 Å². The number of fused-ring (bicyclic) bond motifs is 1. The molecule has 0 amide bonds. The van der Waals surface area contributed by atoms with Crippen LogP contribution in [0, 0.1) is 11.7 Å². The summed E-state index contributed by atoms with van der Waals surface area (Å²) in [5.74, 6) is 1.04. The van der Waals surface area contributed by atoms with Gasteiger partial charge in [0.1, 0.15) is 11.9 Å². The van der Waals surface area contributed by atoms with E-state index in [1.165, 1.54) is 36.0 Å². The van der Waals surface area contributed by atoms with Gasteiger partial charge < -0.3 is 15.4 Å². The lowest BCUT2D eigenvalue weighted by Gasteiger charge is -2.40. The molecule has 0 aromatic heterocycles. The Labute approximate surface area is 183 Å². The highest BCUT2D eigenvalue weighted by Gasteiger charge is 2.40. The lowest BCUT2D eigenvalue weighted by molar-refractivity contribution is 0.0668. The van der Waals surface area contributed by atoms with E-state index < -0.39 is 0 Å². The van der Waals surface area contributed by atoms with E-state index >= 15 is 0 Å². The maximum absolute atomic E-state index is 13.7. The van der Waals surface area contributed by atoms with Crippen LogP contribution in [0.4, 0.5) is 4.39 Å². The van der Waals surface area contributed by atoms with E-state index in [4.69, 9.17) is 15.5 Å². The minimum Gasteiger partial charge on any atom is -0.460 e. The molecule has 162 valence electrons. The number of ether oxygens (including phenoxy) is 1. The molecule has 2 aromatic rings. The molecule has 2 heterocycles. The summed E-state index contributed by atoms with van der Waals surface area (Å²) < 4.78 is 20.1. The zero-order valence-corrected chi connectivity index (χ0v) is 17.8. The fourth-order valence-corrected chi connectivity index (χ4v) is 5.65. The summed E-state index contributed by atoms with van der Waals surface area (Å²) >= 11 is 0. The number of hydrogen-bond acceptors (Lipinski definition) is 4. The van der Waals surface area contributed by atoms with Gasteiger partial charge in [-0.3, -0.25) is 0 Å². The second-order valence-electron chi connectivity index (χ2n) is 9.75. The Morgan fingerprint density at radius 1 is 1.03 bits per heavy atom. The van der Waals surface area contributed by atoms with Crippen molar-refractivity contribution >= 4 is 6.02 Å². The largest absolute Gasteiger partial charge is 0.460 e. The maximum atomic E-state index is 13.7. The first-order valence-electron chi connectivity index (χ1n) is 11.8. The summed E-state index contributed by atoms with van der Waals surface area (Å²) in [5.41, 5.74) is 11.3. The van der Waals surface area contributed by atoms with Gasteiger partial charge in [0.2, 0.25) is 0 Å². The van der Waals surface area contributed by atoms with Gasteiger partial charge in [0.05, 0.1) is 12.6 Å². The van der Waals surface area contributed by atoms with Crippen LogP contribution in [0.15, 0.2) is 47.5 Å². The fraction of sp³-hybridized carbons (Fsp3) is 0.500. The number of halogens is 1. The first-order chi connectivity index (χ1) is 15.2. The Morgan fingerprint density at radius 2 is 1.81 bits per heavy atom. The number of hydrogen-bond donors (Lipinski definition) is 1. The molecule has 2 N–H and O–H groups in total. The minimum absolute atomic E-state index is 0.000869. The molecule has 0 spiro atoms. The Kier molecular flexibility index (Phi) is 4.75. The molecule has 4 nitrogen and oxygen atoms in total. The SMILES string of the molecule is NC1CC([C@@H]2CN=C(N3CCc4cc(C5CCC5)ccc4[C@@H]3c3ccc(F)cc3)O2)C1. The first-order valence-corrected chi connectivity index (χ1v) is 11.8. The Bertz CT molecular complexity index is 994. The maximum Gasteiger partial charge on any atom is 0.288 e. The second-order valence-corrected chi connectivity index (χ2v) is 9.75. The van der Waals surface area contributed by atoms with E-state index in [1.54, 1.807) is 12.1 Å². The van der Waals surface area contributed by atoms with E-state index in [2.05, 4.69) is 23.1 Å². The van der Waals surface area contributed by atoms with Crippen LogP contribution in [0.25, 0.3) is 0 Å². The quantitative estimate of drug-likeness (QED) is 0.795. The normalized spacial score (nSPS) is 30.1. The van der Waals surface area contributed by atoms with E-state index in [0.29, 0.717) is 18.5 Å². The summed E-state index contributed by atoms with van der Waals surface area (Å²) in [6.07, 6.45) is 7.15. The Balaban J connectivity index is 1.31.